The average Bonchev–Trinajstić information content (AvgIpc) is 1.63. The van der Waals surface area contributed by atoms with Crippen molar-refractivity contribution in [3.8, 4) is 0 Å². The van der Waals surface area contributed by atoms with E-state index in [0.29, 0.717) is 0 Å². The third-order valence-corrected chi connectivity index (χ3v) is 0.179. The molecule has 62 valence electrons. The molecule has 0 aliphatic carbocycles. The minimum absolute atomic E-state index is 0.167. The number of aliphatic hydroxyl groups excluding tert-OH is 1. The molecule has 0 spiro atoms. The van der Waals surface area contributed by atoms with Crippen LogP contribution in [-0.2, 0) is 4.79 Å². The number of hydrogen-bond acceptors (Lipinski definition) is 2. The Morgan fingerprint density at radius 1 is 1.40 bits per heavy atom. The second-order valence-electron chi connectivity index (χ2n) is 1.68. The van der Waals surface area contributed by atoms with Gasteiger partial charge in [0.25, 0.3) is 0 Å². The van der Waals surface area contributed by atoms with Gasteiger partial charge in [-0.3, -0.25) is 0 Å². The Labute approximate surface area is 56.7 Å². The van der Waals surface area contributed by atoms with Crippen molar-refractivity contribution in [2.24, 2.45) is 0 Å². The van der Waals surface area contributed by atoms with Gasteiger partial charge in [-0.25, -0.2) is 0 Å². The number of alkyl halides is 3. The lowest BCUT2D eigenvalue weighted by molar-refractivity contribution is -0.159. The summed E-state index contributed by atoms with van der Waals surface area (Å²) in [6.45, 7) is 1.33. The summed E-state index contributed by atoms with van der Waals surface area (Å²) in [5, 5.41) is 7.28. The predicted molar refractivity (Wildman–Crippen MR) is 29.5 cm³/mol. The van der Waals surface area contributed by atoms with Crippen molar-refractivity contribution >= 4 is 5.78 Å². The number of hydrogen-bond donors (Lipinski definition) is 1. The van der Waals surface area contributed by atoms with Crippen molar-refractivity contribution < 1.29 is 23.1 Å². The zero-order chi connectivity index (χ0) is 8.78. The van der Waals surface area contributed by atoms with Gasteiger partial charge < -0.3 is 9.90 Å². The molecule has 0 radical (unpaired) electrons. The molecule has 0 saturated heterocycles. The van der Waals surface area contributed by atoms with Crippen LogP contribution >= 0.6 is 0 Å². The number of carbonyl (C=O) groups is 1. The first-order chi connectivity index (χ1) is 4.29. The van der Waals surface area contributed by atoms with Crippen molar-refractivity contribution in [2.75, 3.05) is 6.61 Å². The van der Waals surface area contributed by atoms with Crippen molar-refractivity contribution in [3.05, 3.63) is 0 Å². The fraction of sp³-hybridized carbons (Fsp3) is 0.800. The van der Waals surface area contributed by atoms with E-state index in [1.54, 1.807) is 0 Å². The van der Waals surface area contributed by atoms with Gasteiger partial charge in [-0.05, 0) is 13.8 Å². The quantitative estimate of drug-likeness (QED) is 0.573. The summed E-state index contributed by atoms with van der Waals surface area (Å²) < 4.78 is 31.6. The molecule has 2 nitrogen and oxygen atoms in total. The minimum atomic E-state index is -4.40. The number of rotatable bonds is 0. The molecule has 0 unspecified atom stereocenters. The van der Waals surface area contributed by atoms with Gasteiger partial charge in [-0.2, -0.15) is 13.2 Å². The molecule has 0 bridgehead atoms. The number of halogens is 3. The SMILES string of the molecule is CC(C)=O.OCC(F)(F)F. The standard InChI is InChI=1S/C3H6O.C2H3F3O/c1-3(2)4;3-2(4,5)1-6/h1-2H3;6H,1H2. The van der Waals surface area contributed by atoms with Crippen molar-refractivity contribution in [1.29, 1.82) is 0 Å². The van der Waals surface area contributed by atoms with E-state index in [9.17, 15) is 18.0 Å². The van der Waals surface area contributed by atoms with Crippen LogP contribution in [0.2, 0.25) is 0 Å². The molecule has 0 heterocycles. The topological polar surface area (TPSA) is 37.3 Å². The van der Waals surface area contributed by atoms with E-state index in [1.807, 2.05) is 0 Å². The summed E-state index contributed by atoms with van der Waals surface area (Å²) in [6, 6.07) is 0. The van der Waals surface area contributed by atoms with E-state index in [-0.39, 0.29) is 5.78 Å². The summed E-state index contributed by atoms with van der Waals surface area (Å²) in [5.41, 5.74) is 0. The highest BCUT2D eigenvalue weighted by atomic mass is 19.4. The predicted octanol–water partition coefficient (Wildman–Crippen LogP) is 1.14. The highest BCUT2D eigenvalue weighted by Crippen LogP contribution is 2.11. The lowest BCUT2D eigenvalue weighted by Gasteiger charge is -1.95. The molecular formula is C5H9F3O2. The van der Waals surface area contributed by atoms with Crippen LogP contribution in [0.15, 0.2) is 0 Å². The maximum Gasteiger partial charge on any atom is 0.411 e. The number of Topliss-reactive ketones (excluding diaryl/α,β-unsaturated/α-hetero) is 1. The van der Waals surface area contributed by atoms with E-state index in [1.165, 1.54) is 13.8 Å². The van der Waals surface area contributed by atoms with Gasteiger partial charge in [0.05, 0.1) is 0 Å². The molecule has 0 aromatic heterocycles. The van der Waals surface area contributed by atoms with E-state index in [0.717, 1.165) is 0 Å². The maximum atomic E-state index is 10.5. The zero-order valence-electron chi connectivity index (χ0n) is 5.70. The molecule has 0 fully saturated rings. The molecule has 0 aliphatic rings. The first-order valence-electron chi connectivity index (χ1n) is 2.44. The molecular weight excluding hydrogens is 149 g/mol. The van der Waals surface area contributed by atoms with Gasteiger partial charge in [0.15, 0.2) is 0 Å². The van der Waals surface area contributed by atoms with E-state index in [4.69, 9.17) is 5.11 Å². The average molecular weight is 158 g/mol. The molecule has 0 aromatic carbocycles. The summed E-state index contributed by atoms with van der Waals surface area (Å²) in [7, 11) is 0. The van der Waals surface area contributed by atoms with Gasteiger partial charge in [-0.1, -0.05) is 0 Å². The molecule has 1 N–H and O–H groups in total. The third-order valence-electron chi connectivity index (χ3n) is 0.179. The van der Waals surface area contributed by atoms with Crippen LogP contribution in [0.4, 0.5) is 13.2 Å². The van der Waals surface area contributed by atoms with Crippen molar-refractivity contribution in [3.63, 3.8) is 0 Å². The van der Waals surface area contributed by atoms with E-state index >= 15 is 0 Å². The molecule has 0 aliphatic heterocycles. The Balaban J connectivity index is 0. The summed E-state index contributed by atoms with van der Waals surface area (Å²) in [5.74, 6) is 0.167. The highest BCUT2D eigenvalue weighted by molar-refractivity contribution is 5.72. The van der Waals surface area contributed by atoms with Gasteiger partial charge >= 0.3 is 6.18 Å². The minimum Gasteiger partial charge on any atom is -0.387 e. The molecule has 0 aromatic rings. The van der Waals surface area contributed by atoms with Crippen LogP contribution < -0.4 is 0 Å². The fourth-order valence-electron chi connectivity index (χ4n) is 0. The normalized spacial score (nSPS) is 9.80. The van der Waals surface area contributed by atoms with Crippen LogP contribution in [0.25, 0.3) is 0 Å². The molecule has 5 heteroatoms. The van der Waals surface area contributed by atoms with Crippen LogP contribution in [-0.4, -0.2) is 23.7 Å². The fourth-order valence-corrected chi connectivity index (χ4v) is 0. The van der Waals surface area contributed by atoms with Crippen LogP contribution in [0.3, 0.4) is 0 Å². The van der Waals surface area contributed by atoms with Gasteiger partial charge in [0.1, 0.15) is 12.4 Å². The Bertz CT molecular complexity index is 93.6. The molecule has 0 atom stereocenters. The Morgan fingerprint density at radius 3 is 1.50 bits per heavy atom. The molecule has 0 amide bonds. The lowest BCUT2D eigenvalue weighted by Crippen LogP contribution is -2.12. The van der Waals surface area contributed by atoms with E-state index < -0.39 is 12.8 Å². The van der Waals surface area contributed by atoms with Crippen LogP contribution in [0, 0.1) is 0 Å². The third kappa shape index (κ3) is 52.2. The van der Waals surface area contributed by atoms with Crippen molar-refractivity contribution in [1.82, 2.24) is 0 Å². The van der Waals surface area contributed by atoms with Gasteiger partial charge in [-0.15, -0.1) is 0 Å². The largest absolute Gasteiger partial charge is 0.411 e. The van der Waals surface area contributed by atoms with Crippen molar-refractivity contribution in [2.45, 2.75) is 20.0 Å². The summed E-state index contributed by atoms with van der Waals surface area (Å²) in [6.07, 6.45) is -4.40. The number of aliphatic hydroxyl groups is 1. The zero-order valence-corrected chi connectivity index (χ0v) is 5.70. The molecule has 0 saturated carbocycles. The van der Waals surface area contributed by atoms with Crippen LogP contribution in [0.1, 0.15) is 13.8 Å². The highest BCUT2D eigenvalue weighted by Gasteiger charge is 2.24. The number of ketones is 1. The monoisotopic (exact) mass is 158 g/mol. The smallest absolute Gasteiger partial charge is 0.387 e. The molecule has 0 rings (SSSR count). The Morgan fingerprint density at radius 2 is 1.50 bits per heavy atom. The van der Waals surface area contributed by atoms with Gasteiger partial charge in [0, 0.05) is 0 Å². The second-order valence-corrected chi connectivity index (χ2v) is 1.68. The molecule has 10 heavy (non-hydrogen) atoms. The second kappa shape index (κ2) is 5.22. The first kappa shape index (κ1) is 12.1. The summed E-state index contributed by atoms with van der Waals surface area (Å²) >= 11 is 0. The first-order valence-corrected chi connectivity index (χ1v) is 2.44. The number of carbonyl (C=O) groups excluding carboxylic acids is 1. The van der Waals surface area contributed by atoms with Gasteiger partial charge in [0.2, 0.25) is 0 Å². The Hall–Kier alpha value is -0.580. The maximum absolute atomic E-state index is 10.5. The lowest BCUT2D eigenvalue weighted by atomic mass is 10.6. The Kier molecular flexibility index (Phi) is 6.34. The summed E-state index contributed by atoms with van der Waals surface area (Å²) in [4.78, 5) is 9.44. The van der Waals surface area contributed by atoms with E-state index in [2.05, 4.69) is 0 Å². The van der Waals surface area contributed by atoms with Crippen LogP contribution in [0.5, 0.6) is 0 Å².